The zero-order valence-corrected chi connectivity index (χ0v) is 17.3. The van der Waals surface area contributed by atoms with E-state index in [1.165, 1.54) is 30.1 Å². The van der Waals surface area contributed by atoms with Gasteiger partial charge < -0.3 is 9.64 Å². The van der Waals surface area contributed by atoms with Crippen LogP contribution in [0.5, 0.6) is 5.75 Å². The van der Waals surface area contributed by atoms with Crippen LogP contribution in [0.1, 0.15) is 21.5 Å². The molecule has 2 rings (SSSR count). The Morgan fingerprint density at radius 1 is 1.15 bits per heavy atom. The number of ether oxygens (including phenoxy) is 1. The Bertz CT molecular complexity index is 924. The van der Waals surface area contributed by atoms with Gasteiger partial charge in [0.1, 0.15) is 12.4 Å². The predicted octanol–water partition coefficient (Wildman–Crippen LogP) is 3.02. The number of benzene rings is 2. The molecule has 2 aromatic carbocycles. The average molecular weight is 411 g/mol. The molecule has 0 aliphatic heterocycles. The molecule has 0 heterocycles. The van der Waals surface area contributed by atoms with E-state index in [2.05, 4.69) is 10.8 Å². The smallest absolute Gasteiger partial charge is 0.255 e. The van der Waals surface area contributed by atoms with E-state index in [1.54, 1.807) is 7.05 Å². The normalized spacial score (nSPS) is 11.3. The van der Waals surface area contributed by atoms with Crippen molar-refractivity contribution < 1.29 is 17.9 Å². The zero-order chi connectivity index (χ0) is 20.2. The Labute approximate surface area is 165 Å². The van der Waals surface area contributed by atoms with E-state index < -0.39 is 10.0 Å². The average Bonchev–Trinajstić information content (AvgIpc) is 2.60. The minimum absolute atomic E-state index is 0.0161. The van der Waals surface area contributed by atoms with Crippen LogP contribution in [-0.4, -0.2) is 46.5 Å². The monoisotopic (exact) mass is 410 g/mol. The van der Waals surface area contributed by atoms with Crippen LogP contribution in [0, 0.1) is 13.8 Å². The first-order chi connectivity index (χ1) is 12.6. The highest BCUT2D eigenvalue weighted by molar-refractivity contribution is 7.89. The molecule has 146 valence electrons. The van der Waals surface area contributed by atoms with Crippen molar-refractivity contribution in [2.24, 2.45) is 0 Å². The van der Waals surface area contributed by atoms with Crippen LogP contribution in [-0.2, 0) is 10.0 Å². The summed E-state index contributed by atoms with van der Waals surface area (Å²) < 4.78 is 31.8. The van der Waals surface area contributed by atoms with E-state index in [-0.39, 0.29) is 21.4 Å². The highest BCUT2D eigenvalue weighted by atomic mass is 35.5. The molecule has 0 aliphatic rings. The number of hydrogen-bond acceptors (Lipinski definition) is 4. The van der Waals surface area contributed by atoms with Crippen molar-refractivity contribution in [2.75, 3.05) is 27.2 Å². The maximum atomic E-state index is 12.7. The molecule has 0 aliphatic carbocycles. The lowest BCUT2D eigenvalue weighted by Gasteiger charge is -2.19. The number of carbonyl (C=O) groups excluding carboxylic acids is 1. The summed E-state index contributed by atoms with van der Waals surface area (Å²) in [4.78, 5) is 14.1. The number of carbonyl (C=O) groups is 1. The largest absolute Gasteiger partial charge is 0.492 e. The van der Waals surface area contributed by atoms with Crippen LogP contribution in [0.15, 0.2) is 41.3 Å². The first-order valence-electron chi connectivity index (χ1n) is 8.33. The molecule has 2 aromatic rings. The lowest BCUT2D eigenvalue weighted by Crippen LogP contribution is -2.31. The van der Waals surface area contributed by atoms with Crippen molar-refractivity contribution in [3.63, 3.8) is 0 Å². The molecule has 8 heteroatoms. The summed E-state index contributed by atoms with van der Waals surface area (Å²) in [6, 6.07) is 9.94. The molecule has 0 fully saturated rings. The third kappa shape index (κ3) is 5.45. The molecule has 1 amide bonds. The number of likely N-dealkylation sites (N-methyl/N-ethyl adjacent to an activating group) is 1. The topological polar surface area (TPSA) is 75.7 Å². The fourth-order valence-electron chi connectivity index (χ4n) is 2.58. The summed E-state index contributed by atoms with van der Waals surface area (Å²) in [7, 11) is -0.741. The van der Waals surface area contributed by atoms with Crippen molar-refractivity contribution in [3.05, 3.63) is 58.1 Å². The molecule has 0 radical (unpaired) electrons. The Hall–Kier alpha value is -2.09. The molecule has 0 saturated heterocycles. The Morgan fingerprint density at radius 3 is 2.37 bits per heavy atom. The highest BCUT2D eigenvalue weighted by Crippen LogP contribution is 2.22. The summed E-state index contributed by atoms with van der Waals surface area (Å²) >= 11 is 6.10. The van der Waals surface area contributed by atoms with Gasteiger partial charge in [0.15, 0.2) is 0 Å². The van der Waals surface area contributed by atoms with E-state index >= 15 is 0 Å². The number of rotatable bonds is 7. The molecule has 0 unspecified atom stereocenters. The molecule has 0 spiro atoms. The minimum Gasteiger partial charge on any atom is -0.492 e. The van der Waals surface area contributed by atoms with Crippen LogP contribution in [0.2, 0.25) is 5.02 Å². The van der Waals surface area contributed by atoms with Gasteiger partial charge in [-0.3, -0.25) is 4.79 Å². The second kappa shape index (κ2) is 8.73. The predicted molar refractivity (Wildman–Crippen MR) is 106 cm³/mol. The number of amides is 1. The van der Waals surface area contributed by atoms with Crippen molar-refractivity contribution in [1.29, 1.82) is 0 Å². The Morgan fingerprint density at radius 2 is 1.78 bits per heavy atom. The second-order valence-electron chi connectivity index (χ2n) is 6.25. The number of hydrogen-bond donors (Lipinski definition) is 1. The van der Waals surface area contributed by atoms with Crippen LogP contribution in [0.4, 0.5) is 0 Å². The van der Waals surface area contributed by atoms with Crippen LogP contribution in [0.3, 0.4) is 0 Å². The lowest BCUT2D eigenvalue weighted by molar-refractivity contribution is 0.0773. The van der Waals surface area contributed by atoms with Crippen molar-refractivity contribution in [1.82, 2.24) is 9.62 Å². The lowest BCUT2D eigenvalue weighted by atomic mass is 10.1. The van der Waals surface area contributed by atoms with Crippen LogP contribution >= 0.6 is 11.6 Å². The number of halogens is 1. The maximum Gasteiger partial charge on any atom is 0.255 e. The van der Waals surface area contributed by atoms with E-state index in [1.807, 2.05) is 26.0 Å². The van der Waals surface area contributed by atoms with Gasteiger partial charge in [0, 0.05) is 7.05 Å². The first kappa shape index (κ1) is 21.2. The summed E-state index contributed by atoms with van der Waals surface area (Å²) in [6.45, 7) is 4.61. The summed E-state index contributed by atoms with van der Waals surface area (Å²) in [5.74, 6) is 0.366. The maximum absolute atomic E-state index is 12.7. The molecule has 0 saturated carbocycles. The highest BCUT2D eigenvalue weighted by Gasteiger charge is 2.20. The molecule has 0 bridgehead atoms. The fraction of sp³-hybridized carbons (Fsp3) is 0.316. The molecule has 6 nitrogen and oxygen atoms in total. The van der Waals surface area contributed by atoms with Gasteiger partial charge in [0.25, 0.3) is 5.91 Å². The number of aryl methyl sites for hydroxylation is 2. The molecule has 27 heavy (non-hydrogen) atoms. The van der Waals surface area contributed by atoms with Crippen molar-refractivity contribution in [3.8, 4) is 5.75 Å². The van der Waals surface area contributed by atoms with Gasteiger partial charge in [-0.15, -0.1) is 0 Å². The number of nitrogens with zero attached hydrogens (tertiary/aromatic N) is 1. The summed E-state index contributed by atoms with van der Waals surface area (Å²) in [5.41, 5.74) is 2.33. The van der Waals surface area contributed by atoms with Crippen molar-refractivity contribution >= 4 is 27.5 Å². The molecule has 0 aromatic heterocycles. The van der Waals surface area contributed by atoms with E-state index in [4.69, 9.17) is 16.3 Å². The summed E-state index contributed by atoms with van der Waals surface area (Å²) in [5, 5.41) is 0.192. The fourth-order valence-corrected chi connectivity index (χ4v) is 3.53. The Balaban J connectivity index is 2.07. The summed E-state index contributed by atoms with van der Waals surface area (Å²) in [6.07, 6.45) is 0. The van der Waals surface area contributed by atoms with Gasteiger partial charge in [-0.1, -0.05) is 17.7 Å². The van der Waals surface area contributed by atoms with E-state index in [0.717, 1.165) is 16.9 Å². The number of sulfonamides is 1. The Kier molecular flexibility index (Phi) is 6.86. The molecular weight excluding hydrogens is 388 g/mol. The third-order valence-corrected chi connectivity index (χ3v) is 5.73. The van der Waals surface area contributed by atoms with Crippen LogP contribution < -0.4 is 9.46 Å². The van der Waals surface area contributed by atoms with E-state index in [9.17, 15) is 13.2 Å². The minimum atomic E-state index is -3.66. The van der Waals surface area contributed by atoms with Crippen molar-refractivity contribution in [2.45, 2.75) is 18.7 Å². The molecule has 1 N–H and O–H groups in total. The van der Waals surface area contributed by atoms with Gasteiger partial charge in [-0.05, 0) is 62.4 Å². The van der Waals surface area contributed by atoms with E-state index in [0.29, 0.717) is 13.2 Å². The van der Waals surface area contributed by atoms with Gasteiger partial charge in [0.2, 0.25) is 10.0 Å². The first-order valence-corrected chi connectivity index (χ1v) is 10.2. The quantitative estimate of drug-likeness (QED) is 0.761. The number of nitrogens with one attached hydrogen (secondary N) is 1. The SMILES string of the molecule is CNS(=O)(=O)c1ccc(Cl)c(C(=O)N(C)CCOc2cc(C)cc(C)c2)c1. The third-order valence-electron chi connectivity index (χ3n) is 3.98. The van der Waals surface area contributed by atoms with Crippen LogP contribution in [0.25, 0.3) is 0 Å². The second-order valence-corrected chi connectivity index (χ2v) is 8.54. The van der Waals surface area contributed by atoms with Gasteiger partial charge in [-0.25, -0.2) is 13.1 Å². The van der Waals surface area contributed by atoms with Gasteiger partial charge >= 0.3 is 0 Å². The molecular formula is C19H23ClN2O4S. The molecule has 0 atom stereocenters. The van der Waals surface area contributed by atoms with Gasteiger partial charge in [0.05, 0.1) is 22.0 Å². The zero-order valence-electron chi connectivity index (χ0n) is 15.7. The standard InChI is InChI=1S/C19H23ClN2O4S/c1-13-9-14(2)11-15(10-13)26-8-7-22(4)19(23)17-12-16(5-6-18(17)20)27(24,25)21-3/h5-6,9-12,21H,7-8H2,1-4H3. The van der Waals surface area contributed by atoms with Gasteiger partial charge in [-0.2, -0.15) is 0 Å².